The Labute approximate surface area is 303 Å². The van der Waals surface area contributed by atoms with Crippen LogP contribution in [0.1, 0.15) is 29.7 Å². The number of benzene rings is 2. The Morgan fingerprint density at radius 3 is 2.14 bits per heavy atom. The molecular formula is C34H36ClN9O6S. The minimum atomic E-state index is -1.03. The first-order chi connectivity index (χ1) is 24.6. The van der Waals surface area contributed by atoms with Gasteiger partial charge in [0.1, 0.15) is 65.9 Å². The number of carbonyl (C=O) groups is 2. The van der Waals surface area contributed by atoms with Crippen molar-refractivity contribution >= 4 is 41.1 Å². The van der Waals surface area contributed by atoms with Gasteiger partial charge in [0.05, 0.1) is 11.3 Å². The van der Waals surface area contributed by atoms with Crippen molar-refractivity contribution in [2.24, 2.45) is 22.9 Å². The molecular weight excluding hydrogens is 698 g/mol. The molecule has 0 saturated carbocycles. The van der Waals surface area contributed by atoms with Crippen molar-refractivity contribution in [2.75, 3.05) is 32.0 Å². The highest BCUT2D eigenvalue weighted by molar-refractivity contribution is 7.98. The summed E-state index contributed by atoms with van der Waals surface area (Å²) in [6, 6.07) is 15.8. The largest absolute Gasteiger partial charge is 0.490 e. The molecule has 0 saturated heterocycles. The Kier molecular flexibility index (Phi) is 14.2. The number of carbonyl (C=O) groups excluding carboxylic acids is 2. The molecule has 0 aliphatic heterocycles. The molecule has 3 atom stereocenters. The number of hydrogen-bond acceptors (Lipinski definition) is 16. The molecule has 15 nitrogen and oxygen atoms in total. The third-order valence-electron chi connectivity index (χ3n) is 7.25. The van der Waals surface area contributed by atoms with Crippen molar-refractivity contribution in [3.05, 3.63) is 76.6 Å². The molecule has 2 aromatic carbocycles. The van der Waals surface area contributed by atoms with Crippen molar-refractivity contribution in [3.8, 4) is 40.5 Å². The van der Waals surface area contributed by atoms with E-state index in [4.69, 9.17) is 58.9 Å². The highest BCUT2D eigenvalue weighted by atomic mass is 35.5. The number of nitrogen functional groups attached to an aromatic ring is 1. The van der Waals surface area contributed by atoms with E-state index < -0.39 is 30.1 Å². The van der Waals surface area contributed by atoms with E-state index >= 15 is 0 Å². The quantitative estimate of drug-likeness (QED) is 0.0770. The topological polar surface area (TPSA) is 278 Å². The SMILES string of the molecule is N#Cc1c(N)nc(SCc2coc(-c3ccc(Cl)cc3)n2)c(C#N)c1-c1ccc(OC[C@@H](COC(=O)C(N)CCN)OC(=O)C(N)CCN)cc1. The predicted octanol–water partition coefficient (Wildman–Crippen LogP) is 2.86. The first-order valence-electron chi connectivity index (χ1n) is 15.6. The number of nitriles is 2. The minimum absolute atomic E-state index is 0.0338. The molecule has 2 heterocycles. The van der Waals surface area contributed by atoms with Gasteiger partial charge in [-0.25, -0.2) is 9.97 Å². The van der Waals surface area contributed by atoms with Crippen LogP contribution >= 0.6 is 23.4 Å². The van der Waals surface area contributed by atoms with Crippen LogP contribution in [-0.2, 0) is 24.8 Å². The maximum atomic E-state index is 12.5. The number of anilines is 1. The van der Waals surface area contributed by atoms with Crippen molar-refractivity contribution in [2.45, 2.75) is 41.8 Å². The number of esters is 2. The lowest BCUT2D eigenvalue weighted by Gasteiger charge is -2.21. The van der Waals surface area contributed by atoms with Gasteiger partial charge in [0.25, 0.3) is 0 Å². The Morgan fingerprint density at radius 1 is 0.882 bits per heavy atom. The zero-order chi connectivity index (χ0) is 36.9. The Morgan fingerprint density at radius 2 is 1.51 bits per heavy atom. The number of pyridine rings is 1. The van der Waals surface area contributed by atoms with Gasteiger partial charge >= 0.3 is 11.9 Å². The van der Waals surface area contributed by atoms with Gasteiger partial charge in [-0.2, -0.15) is 10.5 Å². The minimum Gasteiger partial charge on any atom is -0.490 e. The van der Waals surface area contributed by atoms with Gasteiger partial charge < -0.3 is 47.3 Å². The van der Waals surface area contributed by atoms with E-state index in [0.717, 1.165) is 5.56 Å². The van der Waals surface area contributed by atoms with Gasteiger partial charge in [0.2, 0.25) is 5.89 Å². The van der Waals surface area contributed by atoms with Crippen LogP contribution in [0.2, 0.25) is 5.02 Å². The second-order valence-corrected chi connectivity index (χ2v) is 12.4. The summed E-state index contributed by atoms with van der Waals surface area (Å²) >= 11 is 7.19. The molecule has 0 radical (unpaired) electrons. The Balaban J connectivity index is 1.50. The monoisotopic (exact) mass is 733 g/mol. The van der Waals surface area contributed by atoms with Crippen LogP contribution in [0.3, 0.4) is 0 Å². The van der Waals surface area contributed by atoms with E-state index in [9.17, 15) is 20.1 Å². The standard InChI is InChI=1S/C34H36ClN9O6S/c35-21-5-1-20(2-6-21)31-43-22(15-48-31)18-51-32-26(14-39)29(25(13-38)30(42)44-32)19-3-7-23(8-4-19)47-16-24(50-34(46)28(41)10-12-37)17-49-33(45)27(40)9-11-36/h1-8,15,24,27-28H,9-12,16-18,36-37,40-41H2,(H2,42,44)/t24-,27?,28?/m0/s1. The van der Waals surface area contributed by atoms with Gasteiger partial charge in [-0.15, -0.1) is 0 Å². The fourth-order valence-electron chi connectivity index (χ4n) is 4.58. The van der Waals surface area contributed by atoms with Crippen LogP contribution < -0.4 is 33.4 Å². The van der Waals surface area contributed by atoms with E-state index in [0.29, 0.717) is 44.3 Å². The first kappa shape index (κ1) is 38.6. The third kappa shape index (κ3) is 10.4. The highest BCUT2D eigenvalue weighted by Crippen LogP contribution is 2.37. The molecule has 2 unspecified atom stereocenters. The number of halogens is 1. The molecule has 266 valence electrons. The first-order valence-corrected chi connectivity index (χ1v) is 16.9. The van der Waals surface area contributed by atoms with Gasteiger partial charge in [0, 0.05) is 21.9 Å². The number of oxazole rings is 1. The van der Waals surface area contributed by atoms with E-state index in [1.165, 1.54) is 18.0 Å². The number of thioether (sulfide) groups is 1. The van der Waals surface area contributed by atoms with E-state index in [-0.39, 0.29) is 56.1 Å². The molecule has 0 aliphatic carbocycles. The molecule has 4 aromatic rings. The summed E-state index contributed by atoms with van der Waals surface area (Å²) in [6.45, 7) is -0.196. The van der Waals surface area contributed by atoms with Gasteiger partial charge in [-0.05, 0) is 67.9 Å². The molecule has 0 amide bonds. The van der Waals surface area contributed by atoms with Crippen LogP contribution in [0.15, 0.2) is 64.2 Å². The summed E-state index contributed by atoms with van der Waals surface area (Å²) in [5.41, 5.74) is 31.1. The fourth-order valence-corrected chi connectivity index (χ4v) is 5.58. The number of nitrogens with zero attached hydrogens (tertiary/aromatic N) is 4. The van der Waals surface area contributed by atoms with Crippen LogP contribution in [0, 0.1) is 22.7 Å². The number of rotatable bonds is 17. The zero-order valence-corrected chi connectivity index (χ0v) is 28.9. The average Bonchev–Trinajstić information content (AvgIpc) is 3.61. The smallest absolute Gasteiger partial charge is 0.323 e. The predicted molar refractivity (Wildman–Crippen MR) is 190 cm³/mol. The summed E-state index contributed by atoms with van der Waals surface area (Å²) in [5, 5.41) is 21.1. The maximum Gasteiger partial charge on any atom is 0.323 e. The summed E-state index contributed by atoms with van der Waals surface area (Å²) in [7, 11) is 0. The van der Waals surface area contributed by atoms with Gasteiger partial charge in [-0.3, -0.25) is 9.59 Å². The molecule has 17 heteroatoms. The third-order valence-corrected chi connectivity index (χ3v) is 8.51. The van der Waals surface area contributed by atoms with Crippen molar-refractivity contribution < 1.29 is 28.2 Å². The van der Waals surface area contributed by atoms with Crippen molar-refractivity contribution in [1.82, 2.24) is 9.97 Å². The van der Waals surface area contributed by atoms with Gasteiger partial charge in [-0.1, -0.05) is 35.5 Å². The molecule has 4 rings (SSSR count). The Bertz CT molecular complexity index is 1890. The fraction of sp³-hybridized carbons (Fsp3) is 0.294. The number of hydrogen-bond donors (Lipinski definition) is 5. The second kappa shape index (κ2) is 18.7. The molecule has 0 fully saturated rings. The Hall–Kier alpha value is -5.20. The van der Waals surface area contributed by atoms with Crippen molar-refractivity contribution in [1.29, 1.82) is 10.5 Å². The lowest BCUT2D eigenvalue weighted by atomic mass is 9.97. The molecule has 0 bridgehead atoms. The normalized spacial score (nSPS) is 12.6. The molecule has 2 aromatic heterocycles. The highest BCUT2D eigenvalue weighted by Gasteiger charge is 2.25. The number of nitrogens with two attached hydrogens (primary N) is 5. The van der Waals surface area contributed by atoms with E-state index in [1.54, 1.807) is 48.5 Å². The van der Waals surface area contributed by atoms with Gasteiger partial charge in [0.15, 0.2) is 6.10 Å². The lowest BCUT2D eigenvalue weighted by molar-refractivity contribution is -0.162. The second-order valence-electron chi connectivity index (χ2n) is 11.0. The number of aromatic nitrogens is 2. The van der Waals surface area contributed by atoms with Crippen LogP contribution in [0.25, 0.3) is 22.6 Å². The summed E-state index contributed by atoms with van der Waals surface area (Å²) in [4.78, 5) is 33.6. The average molecular weight is 734 g/mol. The van der Waals surface area contributed by atoms with Crippen LogP contribution in [0.5, 0.6) is 5.75 Å². The van der Waals surface area contributed by atoms with E-state index in [1.807, 2.05) is 0 Å². The maximum absolute atomic E-state index is 12.5. The molecule has 0 aliphatic rings. The number of ether oxygens (including phenoxy) is 3. The van der Waals surface area contributed by atoms with Crippen LogP contribution in [0.4, 0.5) is 5.82 Å². The van der Waals surface area contributed by atoms with E-state index in [2.05, 4.69) is 22.1 Å². The summed E-state index contributed by atoms with van der Waals surface area (Å²) in [6.07, 6.45) is 0.884. The van der Waals surface area contributed by atoms with Crippen molar-refractivity contribution in [3.63, 3.8) is 0 Å². The van der Waals surface area contributed by atoms with Crippen LogP contribution in [-0.4, -0.2) is 66.4 Å². The molecule has 51 heavy (non-hydrogen) atoms. The zero-order valence-electron chi connectivity index (χ0n) is 27.3. The summed E-state index contributed by atoms with van der Waals surface area (Å²) in [5.74, 6) is -0.452. The molecule has 10 N–H and O–H groups in total. The lowest BCUT2D eigenvalue weighted by Crippen LogP contribution is -2.41. The molecule has 0 spiro atoms. The summed E-state index contributed by atoms with van der Waals surface area (Å²) < 4.78 is 22.1.